The third-order valence-electron chi connectivity index (χ3n) is 7.08. The highest BCUT2D eigenvalue weighted by Gasteiger charge is 2.39. The number of phenols is 1. The molecule has 1 heterocycles. The molecular weight excluding hydrogens is 436 g/mol. The van der Waals surface area contributed by atoms with Gasteiger partial charge in [-0.2, -0.15) is 0 Å². The lowest BCUT2D eigenvalue weighted by molar-refractivity contribution is 0.0963. The summed E-state index contributed by atoms with van der Waals surface area (Å²) in [6.45, 7) is 15.3. The van der Waals surface area contributed by atoms with E-state index in [4.69, 9.17) is 10.1 Å². The molecular formula is C30H42N2O3. The van der Waals surface area contributed by atoms with Crippen LogP contribution in [0.1, 0.15) is 94.3 Å². The van der Waals surface area contributed by atoms with Gasteiger partial charge < -0.3 is 14.7 Å². The number of methoxy groups -OCH3 is 1. The van der Waals surface area contributed by atoms with E-state index in [1.807, 2.05) is 82.8 Å². The average molecular weight is 479 g/mol. The Morgan fingerprint density at radius 1 is 1.06 bits per heavy atom. The van der Waals surface area contributed by atoms with Crippen LogP contribution in [0.4, 0.5) is 0 Å². The van der Waals surface area contributed by atoms with Crippen LogP contribution < -0.4 is 4.74 Å². The van der Waals surface area contributed by atoms with Crippen molar-refractivity contribution in [1.82, 2.24) is 4.90 Å². The molecule has 190 valence electrons. The lowest BCUT2D eigenvalue weighted by Gasteiger charge is -2.28. The van der Waals surface area contributed by atoms with Gasteiger partial charge in [0.25, 0.3) is 0 Å². The Balaban J connectivity index is 1.92. The largest absolute Gasteiger partial charge is 0.507 e. The molecule has 0 aromatic heterocycles. The maximum absolute atomic E-state index is 13.6. The van der Waals surface area contributed by atoms with Crippen molar-refractivity contribution >= 4 is 11.6 Å². The SMILES string of the molecule is CCC[C@H]1CN(CC(=O)c2cc(C(C)(C)C)c(O)c(C(C)(C)C)c2)C(=N)[C@@H]1c1ccc(OC)cc1. The highest BCUT2D eigenvalue weighted by molar-refractivity contribution is 6.01. The van der Waals surface area contributed by atoms with E-state index in [1.165, 1.54) is 0 Å². The molecule has 0 aliphatic carbocycles. The Hall–Kier alpha value is -2.82. The molecule has 3 rings (SSSR count). The van der Waals surface area contributed by atoms with Crippen molar-refractivity contribution < 1.29 is 14.6 Å². The second-order valence-electron chi connectivity index (χ2n) is 11.9. The minimum absolute atomic E-state index is 0.0172. The first-order valence-electron chi connectivity index (χ1n) is 12.7. The van der Waals surface area contributed by atoms with Crippen molar-refractivity contribution in [3.8, 4) is 11.5 Å². The van der Waals surface area contributed by atoms with Crippen molar-refractivity contribution in [2.24, 2.45) is 5.92 Å². The van der Waals surface area contributed by atoms with Gasteiger partial charge in [0.1, 0.15) is 17.3 Å². The summed E-state index contributed by atoms with van der Waals surface area (Å²) in [6.07, 6.45) is 2.04. The number of likely N-dealkylation sites (tertiary alicyclic amines) is 1. The Bertz CT molecular complexity index is 1040. The fourth-order valence-electron chi connectivity index (χ4n) is 5.13. The number of hydrogen-bond acceptors (Lipinski definition) is 4. The summed E-state index contributed by atoms with van der Waals surface area (Å²) in [5.74, 6) is 1.84. The number of rotatable bonds is 7. The quantitative estimate of drug-likeness (QED) is 0.436. The van der Waals surface area contributed by atoms with Gasteiger partial charge in [0.05, 0.1) is 13.7 Å². The predicted octanol–water partition coefficient (Wildman–Crippen LogP) is 6.67. The first kappa shape index (κ1) is 26.8. The van der Waals surface area contributed by atoms with Crippen LogP contribution >= 0.6 is 0 Å². The smallest absolute Gasteiger partial charge is 0.182 e. The molecule has 5 nitrogen and oxygen atoms in total. The number of carbonyl (C=O) groups is 1. The fraction of sp³-hybridized carbons (Fsp3) is 0.533. The molecule has 1 fully saturated rings. The number of nitrogens with zero attached hydrogens (tertiary/aromatic N) is 1. The third-order valence-corrected chi connectivity index (χ3v) is 7.08. The van der Waals surface area contributed by atoms with Gasteiger partial charge in [0, 0.05) is 29.2 Å². The van der Waals surface area contributed by atoms with E-state index in [0.717, 1.165) is 35.3 Å². The summed E-state index contributed by atoms with van der Waals surface area (Å²) in [4.78, 5) is 15.5. The van der Waals surface area contributed by atoms with Crippen LogP contribution in [0, 0.1) is 11.3 Å². The van der Waals surface area contributed by atoms with E-state index in [0.29, 0.717) is 23.9 Å². The predicted molar refractivity (Wildman–Crippen MR) is 143 cm³/mol. The maximum atomic E-state index is 13.6. The van der Waals surface area contributed by atoms with Crippen LogP contribution in [0.5, 0.6) is 11.5 Å². The van der Waals surface area contributed by atoms with Crippen LogP contribution in [0.25, 0.3) is 0 Å². The number of nitrogens with one attached hydrogen (secondary N) is 1. The summed E-state index contributed by atoms with van der Waals surface area (Å²) < 4.78 is 5.30. The molecule has 0 bridgehead atoms. The van der Waals surface area contributed by atoms with Crippen molar-refractivity contribution in [1.29, 1.82) is 5.41 Å². The van der Waals surface area contributed by atoms with E-state index >= 15 is 0 Å². The fourth-order valence-corrected chi connectivity index (χ4v) is 5.13. The molecule has 0 saturated carbocycles. The molecule has 35 heavy (non-hydrogen) atoms. The molecule has 2 N–H and O–H groups in total. The number of aromatic hydroxyl groups is 1. The van der Waals surface area contributed by atoms with Crippen LogP contribution in [0.15, 0.2) is 36.4 Å². The van der Waals surface area contributed by atoms with Gasteiger partial charge in [-0.1, -0.05) is 67.0 Å². The number of hydrogen-bond donors (Lipinski definition) is 2. The van der Waals surface area contributed by atoms with Crippen molar-refractivity contribution in [2.45, 2.75) is 78.1 Å². The van der Waals surface area contributed by atoms with E-state index in [-0.39, 0.29) is 34.8 Å². The normalized spacial score (nSPS) is 18.7. The van der Waals surface area contributed by atoms with Gasteiger partial charge in [-0.15, -0.1) is 0 Å². The number of Topliss-reactive ketones (excluding diaryl/α,β-unsaturated/α-hetero) is 1. The molecule has 0 radical (unpaired) electrons. The molecule has 1 saturated heterocycles. The summed E-state index contributed by atoms with van der Waals surface area (Å²) in [6, 6.07) is 11.7. The summed E-state index contributed by atoms with van der Waals surface area (Å²) in [7, 11) is 1.65. The Morgan fingerprint density at radius 2 is 1.60 bits per heavy atom. The van der Waals surface area contributed by atoms with Gasteiger partial charge in [-0.05, 0) is 53.0 Å². The number of phenolic OH excluding ortho intramolecular Hbond substituents is 1. The standard InChI is InChI=1S/C30H42N2O3/c1-9-10-20-17-32(28(31)26(20)19-11-13-22(35-8)14-12-19)18-25(33)21-15-23(29(2,3)4)27(34)24(16-21)30(5,6)7/h11-16,20,26,31,34H,9-10,17-18H2,1-8H3/t20-,26+/m0/s1. The molecule has 2 atom stereocenters. The number of amidine groups is 1. The molecule has 0 spiro atoms. The molecule has 2 aromatic rings. The molecule has 2 aromatic carbocycles. The zero-order chi connectivity index (χ0) is 26.1. The minimum atomic E-state index is -0.299. The van der Waals surface area contributed by atoms with Gasteiger partial charge >= 0.3 is 0 Å². The van der Waals surface area contributed by atoms with E-state index in [1.54, 1.807) is 7.11 Å². The zero-order valence-electron chi connectivity index (χ0n) is 22.7. The zero-order valence-corrected chi connectivity index (χ0v) is 22.7. The van der Waals surface area contributed by atoms with Gasteiger partial charge in [0.15, 0.2) is 5.78 Å². The Kier molecular flexibility index (Phi) is 7.68. The van der Waals surface area contributed by atoms with E-state index in [9.17, 15) is 9.90 Å². The van der Waals surface area contributed by atoms with E-state index in [2.05, 4.69) is 6.92 Å². The lowest BCUT2D eigenvalue weighted by Crippen LogP contribution is -2.32. The summed E-state index contributed by atoms with van der Waals surface area (Å²) >= 11 is 0. The number of benzene rings is 2. The molecule has 0 amide bonds. The monoisotopic (exact) mass is 478 g/mol. The van der Waals surface area contributed by atoms with E-state index < -0.39 is 0 Å². The van der Waals surface area contributed by atoms with Crippen molar-refractivity contribution in [3.05, 3.63) is 58.7 Å². The molecule has 0 unspecified atom stereocenters. The lowest BCUT2D eigenvalue weighted by atomic mass is 9.78. The first-order valence-corrected chi connectivity index (χ1v) is 12.7. The maximum Gasteiger partial charge on any atom is 0.182 e. The third kappa shape index (κ3) is 5.71. The van der Waals surface area contributed by atoms with Crippen LogP contribution in [0.2, 0.25) is 0 Å². The highest BCUT2D eigenvalue weighted by atomic mass is 16.5. The van der Waals surface area contributed by atoms with Gasteiger partial charge in [-0.3, -0.25) is 10.2 Å². The Labute approximate surface area is 211 Å². The number of carbonyl (C=O) groups excluding carboxylic acids is 1. The molecule has 5 heteroatoms. The van der Waals surface area contributed by atoms with Crippen LogP contribution in [0.3, 0.4) is 0 Å². The van der Waals surface area contributed by atoms with Crippen molar-refractivity contribution in [2.75, 3.05) is 20.2 Å². The topological polar surface area (TPSA) is 73.6 Å². The van der Waals surface area contributed by atoms with Crippen LogP contribution in [-0.2, 0) is 10.8 Å². The highest BCUT2D eigenvalue weighted by Crippen LogP contribution is 2.41. The van der Waals surface area contributed by atoms with Gasteiger partial charge in [-0.25, -0.2) is 0 Å². The summed E-state index contributed by atoms with van der Waals surface area (Å²) in [5.41, 5.74) is 2.66. The summed E-state index contributed by atoms with van der Waals surface area (Å²) in [5, 5.41) is 20.0. The first-order chi connectivity index (χ1) is 16.3. The second kappa shape index (κ2) is 10.0. The minimum Gasteiger partial charge on any atom is -0.507 e. The molecule has 1 aliphatic heterocycles. The second-order valence-corrected chi connectivity index (χ2v) is 11.9. The van der Waals surface area contributed by atoms with Gasteiger partial charge in [0.2, 0.25) is 0 Å². The molecule has 1 aliphatic rings. The average Bonchev–Trinajstić information content (AvgIpc) is 3.07. The Morgan fingerprint density at radius 3 is 2.06 bits per heavy atom. The number of ketones is 1. The number of ether oxygens (including phenoxy) is 1. The van der Waals surface area contributed by atoms with Crippen LogP contribution in [-0.4, -0.2) is 41.8 Å². The van der Waals surface area contributed by atoms with Crippen molar-refractivity contribution in [3.63, 3.8) is 0 Å².